The van der Waals surface area contributed by atoms with Crippen molar-refractivity contribution in [2.24, 2.45) is 39.3 Å². The van der Waals surface area contributed by atoms with Crippen molar-refractivity contribution >= 4 is 11.6 Å². The summed E-state index contributed by atoms with van der Waals surface area (Å²) in [6.07, 6.45) is 4.86. The molecule has 2 fully saturated rings. The fraction of sp³-hybridized carbons (Fsp3) is 0.600. The molecule has 172 valence electrons. The SMILES string of the molecule is C/N=N\C(=C/C(C)[C@H]1CC[C@](C(=O)N2CCC(C#N)C2)(C(C)C)C1)c1c(F)cccc1F. The summed E-state index contributed by atoms with van der Waals surface area (Å²) in [4.78, 5) is 15.4. The molecule has 1 heterocycles. The molecule has 0 N–H and O–H groups in total. The molecule has 3 rings (SSSR count). The third kappa shape index (κ3) is 4.60. The van der Waals surface area contributed by atoms with E-state index in [1.54, 1.807) is 6.08 Å². The van der Waals surface area contributed by atoms with Crippen molar-refractivity contribution in [2.75, 3.05) is 20.1 Å². The van der Waals surface area contributed by atoms with Crippen LogP contribution in [0.5, 0.6) is 0 Å². The van der Waals surface area contributed by atoms with Gasteiger partial charge in [-0.2, -0.15) is 15.5 Å². The van der Waals surface area contributed by atoms with Crippen LogP contribution in [0.1, 0.15) is 52.0 Å². The van der Waals surface area contributed by atoms with Gasteiger partial charge >= 0.3 is 0 Å². The molecule has 0 spiro atoms. The summed E-state index contributed by atoms with van der Waals surface area (Å²) in [7, 11) is 1.47. The molecular formula is C25H32F2N4O. The Labute approximate surface area is 189 Å². The van der Waals surface area contributed by atoms with Crippen molar-refractivity contribution in [1.82, 2.24) is 4.90 Å². The first kappa shape index (κ1) is 24.0. The van der Waals surface area contributed by atoms with Crippen molar-refractivity contribution in [1.29, 1.82) is 5.26 Å². The molecular weight excluding hydrogens is 410 g/mol. The maximum atomic E-state index is 14.4. The lowest BCUT2D eigenvalue weighted by Gasteiger charge is -2.36. The van der Waals surface area contributed by atoms with Gasteiger partial charge in [-0.1, -0.05) is 32.9 Å². The molecule has 7 heteroatoms. The Morgan fingerprint density at radius 2 is 1.97 bits per heavy atom. The number of carbonyl (C=O) groups excluding carboxylic acids is 1. The highest BCUT2D eigenvalue weighted by Gasteiger charge is 2.50. The molecule has 0 radical (unpaired) electrons. The van der Waals surface area contributed by atoms with Gasteiger partial charge in [-0.05, 0) is 55.6 Å². The van der Waals surface area contributed by atoms with Gasteiger partial charge in [0.25, 0.3) is 0 Å². The van der Waals surface area contributed by atoms with E-state index in [2.05, 4.69) is 30.1 Å². The van der Waals surface area contributed by atoms with Crippen LogP contribution in [0.25, 0.3) is 5.70 Å². The topological polar surface area (TPSA) is 68.8 Å². The molecule has 2 unspecified atom stereocenters. The van der Waals surface area contributed by atoms with E-state index < -0.39 is 17.0 Å². The third-order valence-electron chi connectivity index (χ3n) is 7.37. The van der Waals surface area contributed by atoms with Crippen molar-refractivity contribution in [3.63, 3.8) is 0 Å². The van der Waals surface area contributed by atoms with E-state index in [1.807, 2.05) is 11.8 Å². The van der Waals surface area contributed by atoms with Gasteiger partial charge in [0, 0.05) is 20.1 Å². The number of nitriles is 1. The summed E-state index contributed by atoms with van der Waals surface area (Å²) in [6, 6.07) is 6.04. The Bertz CT molecular complexity index is 932. The summed E-state index contributed by atoms with van der Waals surface area (Å²) in [5.74, 6) is -0.959. The fourth-order valence-electron chi connectivity index (χ4n) is 5.30. The van der Waals surface area contributed by atoms with Gasteiger partial charge in [0.15, 0.2) is 0 Å². The Balaban J connectivity index is 1.84. The van der Waals surface area contributed by atoms with E-state index in [-0.39, 0.29) is 40.8 Å². The summed E-state index contributed by atoms with van der Waals surface area (Å²) < 4.78 is 28.7. The van der Waals surface area contributed by atoms with Crippen molar-refractivity contribution in [3.8, 4) is 6.07 Å². The van der Waals surface area contributed by atoms with E-state index >= 15 is 0 Å². The smallest absolute Gasteiger partial charge is 0.229 e. The van der Waals surface area contributed by atoms with E-state index in [4.69, 9.17) is 0 Å². The second-order valence-corrected chi connectivity index (χ2v) is 9.49. The normalized spacial score (nSPS) is 27.3. The fourth-order valence-corrected chi connectivity index (χ4v) is 5.30. The van der Waals surface area contributed by atoms with Crippen LogP contribution in [0.3, 0.4) is 0 Å². The number of hydrogen-bond acceptors (Lipinski definition) is 4. The first-order chi connectivity index (χ1) is 15.2. The Kier molecular flexibility index (Phi) is 7.43. The first-order valence-electron chi connectivity index (χ1n) is 11.4. The minimum Gasteiger partial charge on any atom is -0.341 e. The number of azo groups is 1. The number of carbonyl (C=O) groups is 1. The van der Waals surface area contributed by atoms with Gasteiger partial charge in [0.1, 0.15) is 11.6 Å². The van der Waals surface area contributed by atoms with Gasteiger partial charge in [-0.3, -0.25) is 4.79 Å². The first-order valence-corrected chi connectivity index (χ1v) is 11.4. The number of likely N-dealkylation sites (tertiary alicyclic amines) is 1. The predicted molar refractivity (Wildman–Crippen MR) is 119 cm³/mol. The van der Waals surface area contributed by atoms with Crippen LogP contribution in [0.15, 0.2) is 34.5 Å². The molecule has 1 saturated heterocycles. The number of allylic oxidation sites excluding steroid dienone is 1. The number of halogens is 2. The van der Waals surface area contributed by atoms with E-state index in [1.165, 1.54) is 25.2 Å². The number of amides is 1. The third-order valence-corrected chi connectivity index (χ3v) is 7.37. The molecule has 4 atom stereocenters. The minimum atomic E-state index is -0.671. The maximum Gasteiger partial charge on any atom is 0.229 e. The highest BCUT2D eigenvalue weighted by atomic mass is 19.1. The van der Waals surface area contributed by atoms with E-state index in [0.29, 0.717) is 19.5 Å². The summed E-state index contributed by atoms with van der Waals surface area (Å²) in [5, 5.41) is 17.0. The lowest BCUT2D eigenvalue weighted by Crippen LogP contribution is -2.45. The largest absolute Gasteiger partial charge is 0.341 e. The molecule has 2 aliphatic rings. The monoisotopic (exact) mass is 442 g/mol. The van der Waals surface area contributed by atoms with Gasteiger partial charge in [0.2, 0.25) is 5.91 Å². The second kappa shape index (κ2) is 9.89. The average Bonchev–Trinajstić information content (AvgIpc) is 3.41. The van der Waals surface area contributed by atoms with E-state index in [0.717, 1.165) is 19.3 Å². The molecule has 0 aromatic heterocycles. The highest BCUT2D eigenvalue weighted by molar-refractivity contribution is 5.83. The van der Waals surface area contributed by atoms with Crippen LogP contribution >= 0.6 is 0 Å². The van der Waals surface area contributed by atoms with Crippen LogP contribution in [0.2, 0.25) is 0 Å². The number of rotatable bonds is 6. The molecule has 32 heavy (non-hydrogen) atoms. The predicted octanol–water partition coefficient (Wildman–Crippen LogP) is 5.84. The molecule has 0 bridgehead atoms. The molecule has 1 aliphatic carbocycles. The molecule has 1 aliphatic heterocycles. The average molecular weight is 443 g/mol. The lowest BCUT2D eigenvalue weighted by atomic mass is 9.73. The summed E-state index contributed by atoms with van der Waals surface area (Å²) >= 11 is 0. The molecule has 5 nitrogen and oxygen atoms in total. The Hall–Kier alpha value is -2.62. The van der Waals surface area contributed by atoms with Gasteiger partial charge in [-0.25, -0.2) is 8.78 Å². The number of nitrogens with zero attached hydrogens (tertiary/aromatic N) is 4. The Morgan fingerprint density at radius 3 is 2.53 bits per heavy atom. The van der Waals surface area contributed by atoms with Crippen LogP contribution < -0.4 is 0 Å². The summed E-state index contributed by atoms with van der Waals surface area (Å²) in [6.45, 7) is 7.34. The highest BCUT2D eigenvalue weighted by Crippen LogP contribution is 2.51. The van der Waals surface area contributed by atoms with Crippen molar-refractivity contribution in [3.05, 3.63) is 41.5 Å². The molecule has 1 amide bonds. The zero-order chi connectivity index (χ0) is 23.5. The molecule has 1 aromatic rings. The second-order valence-electron chi connectivity index (χ2n) is 9.49. The van der Waals surface area contributed by atoms with Gasteiger partial charge in [0.05, 0.1) is 28.7 Å². The van der Waals surface area contributed by atoms with Crippen LogP contribution in [-0.4, -0.2) is 30.9 Å². The summed E-state index contributed by atoms with van der Waals surface area (Å²) in [5.41, 5.74) is -0.457. The maximum absolute atomic E-state index is 14.4. The number of benzene rings is 1. The number of hydrogen-bond donors (Lipinski definition) is 0. The molecule has 1 saturated carbocycles. The standard InChI is InChI=1S/C25H32F2N4O/c1-16(2)25(24(32)31-11-9-18(14-28)15-31)10-8-19(13-25)17(3)12-22(30-29-4)23-20(26)6-5-7-21(23)27/h5-7,12,16-19H,8-11,13,15H2,1-4H3/b22-12-,30-29-/t17?,18?,19-,25+/m0/s1. The quantitative estimate of drug-likeness (QED) is 0.520. The van der Waals surface area contributed by atoms with E-state index in [9.17, 15) is 18.8 Å². The van der Waals surface area contributed by atoms with Gasteiger partial charge < -0.3 is 4.90 Å². The van der Waals surface area contributed by atoms with Crippen molar-refractivity contribution in [2.45, 2.75) is 46.5 Å². The molecule has 1 aromatic carbocycles. The lowest BCUT2D eigenvalue weighted by molar-refractivity contribution is -0.144. The zero-order valence-electron chi connectivity index (χ0n) is 19.3. The van der Waals surface area contributed by atoms with Crippen LogP contribution in [0.4, 0.5) is 8.78 Å². The minimum absolute atomic E-state index is 0.0339. The zero-order valence-corrected chi connectivity index (χ0v) is 19.3. The van der Waals surface area contributed by atoms with Crippen LogP contribution in [-0.2, 0) is 4.79 Å². The van der Waals surface area contributed by atoms with Gasteiger partial charge in [-0.15, -0.1) is 0 Å². The Morgan fingerprint density at radius 1 is 1.28 bits per heavy atom. The van der Waals surface area contributed by atoms with Crippen molar-refractivity contribution < 1.29 is 13.6 Å². The van der Waals surface area contributed by atoms with Crippen LogP contribution in [0, 0.1) is 52.1 Å².